The van der Waals surface area contributed by atoms with Crippen molar-refractivity contribution < 1.29 is 9.90 Å². The molecule has 2 N–H and O–H groups in total. The predicted octanol–water partition coefficient (Wildman–Crippen LogP) is 3.48. The molecule has 0 spiro atoms. The molecular weight excluding hydrogens is 342 g/mol. The van der Waals surface area contributed by atoms with Gasteiger partial charge < -0.3 is 10.4 Å². The first-order valence-electron chi connectivity index (χ1n) is 8.54. The van der Waals surface area contributed by atoms with E-state index in [1.54, 1.807) is 10.9 Å². The van der Waals surface area contributed by atoms with E-state index in [4.69, 9.17) is 5.11 Å². The molecule has 0 aliphatic heterocycles. The van der Waals surface area contributed by atoms with Crippen molar-refractivity contribution in [2.24, 2.45) is 7.05 Å². The molecule has 0 fully saturated rings. The second kappa shape index (κ2) is 6.60. The first-order valence-corrected chi connectivity index (χ1v) is 8.54. The molecule has 1 aromatic carbocycles. The van der Waals surface area contributed by atoms with Gasteiger partial charge in [-0.25, -0.2) is 9.31 Å². The molecule has 0 bridgehead atoms. The van der Waals surface area contributed by atoms with E-state index in [0.29, 0.717) is 6.54 Å². The fourth-order valence-electron chi connectivity index (χ4n) is 3.22. The summed E-state index contributed by atoms with van der Waals surface area (Å²) in [6.45, 7) is 2.28. The first kappa shape index (κ1) is 16.8. The molecule has 1 amide bonds. The molecule has 3 heterocycles. The van der Waals surface area contributed by atoms with Crippen LogP contribution in [-0.4, -0.2) is 30.6 Å². The maximum atomic E-state index is 10.7. The molecule has 4 aromatic rings. The second-order valence-electron chi connectivity index (χ2n) is 6.51. The number of aryl methyl sites for hydroxylation is 2. The number of nitrogens with zero attached hydrogens (tertiary/aromatic N) is 4. The van der Waals surface area contributed by atoms with Gasteiger partial charge in [0.05, 0.1) is 11.7 Å². The molecule has 7 nitrogen and oxygen atoms in total. The minimum Gasteiger partial charge on any atom is -0.465 e. The van der Waals surface area contributed by atoms with Gasteiger partial charge in [-0.15, -0.1) is 0 Å². The molecule has 0 saturated carbocycles. The summed E-state index contributed by atoms with van der Waals surface area (Å²) in [7, 11) is 1.89. The normalized spacial score (nSPS) is 11.0. The summed E-state index contributed by atoms with van der Waals surface area (Å²) in [5.41, 5.74) is 7.18. The number of hydrogen-bond donors (Lipinski definition) is 2. The Hall–Kier alpha value is -3.61. The van der Waals surface area contributed by atoms with Gasteiger partial charge in [0.15, 0.2) is 0 Å². The van der Waals surface area contributed by atoms with Crippen molar-refractivity contribution in [2.75, 3.05) is 0 Å². The smallest absolute Gasteiger partial charge is 0.404 e. The van der Waals surface area contributed by atoms with Crippen LogP contribution < -0.4 is 5.32 Å². The molecule has 4 rings (SSSR count). The Bertz CT molecular complexity index is 1140. The molecule has 136 valence electrons. The van der Waals surface area contributed by atoms with E-state index >= 15 is 0 Å². The van der Waals surface area contributed by atoms with Gasteiger partial charge >= 0.3 is 6.09 Å². The highest BCUT2D eigenvalue weighted by atomic mass is 16.4. The minimum atomic E-state index is -1.02. The summed E-state index contributed by atoms with van der Waals surface area (Å²) in [5.74, 6) is 0. The lowest BCUT2D eigenvalue weighted by Crippen LogP contribution is -2.20. The molecule has 7 heteroatoms. The largest absolute Gasteiger partial charge is 0.465 e. The van der Waals surface area contributed by atoms with Crippen LogP contribution in [0, 0.1) is 6.92 Å². The van der Waals surface area contributed by atoms with E-state index in [0.717, 1.165) is 38.9 Å². The average Bonchev–Trinajstić information content (AvgIpc) is 3.28. The lowest BCUT2D eigenvalue weighted by Gasteiger charge is -2.11. The van der Waals surface area contributed by atoms with Crippen LogP contribution >= 0.6 is 0 Å². The van der Waals surface area contributed by atoms with E-state index in [9.17, 15) is 4.79 Å². The van der Waals surface area contributed by atoms with Crippen molar-refractivity contribution in [3.05, 3.63) is 66.2 Å². The standard InChI is InChI=1S/C20H19N5O2/c1-13-7-14(3-4-15(13)9-21-20(26)27)18-8-16(17-10-23-24(2)11-17)12-25-19(18)5-6-22-25/h3-8,10-12,21H,9H2,1-2H3,(H,26,27). The number of carboxylic acid groups (broad SMARTS) is 1. The van der Waals surface area contributed by atoms with Gasteiger partial charge in [-0.1, -0.05) is 18.2 Å². The third-order valence-corrected chi connectivity index (χ3v) is 4.63. The van der Waals surface area contributed by atoms with Crippen LogP contribution in [0.5, 0.6) is 0 Å². The van der Waals surface area contributed by atoms with Crippen molar-refractivity contribution in [1.29, 1.82) is 0 Å². The van der Waals surface area contributed by atoms with Crippen LogP contribution in [0.3, 0.4) is 0 Å². The van der Waals surface area contributed by atoms with Gasteiger partial charge in [0.25, 0.3) is 0 Å². The SMILES string of the molecule is Cc1cc(-c2cc(-c3cnn(C)c3)cn3nccc23)ccc1CNC(=O)O. The number of rotatable bonds is 4. The van der Waals surface area contributed by atoms with Gasteiger partial charge in [-0.2, -0.15) is 10.2 Å². The zero-order chi connectivity index (χ0) is 19.0. The Labute approximate surface area is 155 Å². The van der Waals surface area contributed by atoms with Crippen molar-refractivity contribution in [2.45, 2.75) is 13.5 Å². The number of hydrogen-bond acceptors (Lipinski definition) is 3. The average molecular weight is 361 g/mol. The van der Waals surface area contributed by atoms with E-state index in [2.05, 4.69) is 27.6 Å². The van der Waals surface area contributed by atoms with Gasteiger partial charge in [0.2, 0.25) is 0 Å². The Kier molecular flexibility index (Phi) is 4.12. The number of amides is 1. The fourth-order valence-corrected chi connectivity index (χ4v) is 3.22. The molecule has 0 atom stereocenters. The van der Waals surface area contributed by atoms with Crippen LogP contribution in [0.15, 0.2) is 55.1 Å². The third-order valence-electron chi connectivity index (χ3n) is 4.63. The summed E-state index contributed by atoms with van der Waals surface area (Å²) in [5, 5.41) is 19.9. The minimum absolute atomic E-state index is 0.291. The lowest BCUT2D eigenvalue weighted by atomic mass is 9.97. The van der Waals surface area contributed by atoms with Crippen LogP contribution in [0.25, 0.3) is 27.8 Å². The Morgan fingerprint density at radius 2 is 1.96 bits per heavy atom. The summed E-state index contributed by atoms with van der Waals surface area (Å²) in [6.07, 6.45) is 6.56. The fraction of sp³-hybridized carbons (Fsp3) is 0.150. The first-order chi connectivity index (χ1) is 13.0. The second-order valence-corrected chi connectivity index (χ2v) is 6.51. The monoisotopic (exact) mass is 361 g/mol. The van der Waals surface area contributed by atoms with E-state index in [-0.39, 0.29) is 0 Å². The van der Waals surface area contributed by atoms with E-state index in [1.165, 1.54) is 0 Å². The molecule has 3 aromatic heterocycles. The maximum Gasteiger partial charge on any atom is 0.404 e. The molecule has 0 aliphatic rings. The van der Waals surface area contributed by atoms with Crippen molar-refractivity contribution in [3.8, 4) is 22.3 Å². The Morgan fingerprint density at radius 3 is 2.67 bits per heavy atom. The van der Waals surface area contributed by atoms with Gasteiger partial charge in [0, 0.05) is 48.9 Å². The third kappa shape index (κ3) is 3.27. The summed E-state index contributed by atoms with van der Waals surface area (Å²) in [6, 6.07) is 10.2. The van der Waals surface area contributed by atoms with Gasteiger partial charge in [-0.3, -0.25) is 4.68 Å². The van der Waals surface area contributed by atoms with Crippen LogP contribution in [0.1, 0.15) is 11.1 Å². The van der Waals surface area contributed by atoms with Crippen molar-refractivity contribution in [1.82, 2.24) is 24.7 Å². The number of carbonyl (C=O) groups is 1. The lowest BCUT2D eigenvalue weighted by molar-refractivity contribution is 0.194. The summed E-state index contributed by atoms with van der Waals surface area (Å²) in [4.78, 5) is 10.7. The molecule has 0 unspecified atom stereocenters. The topological polar surface area (TPSA) is 84.5 Å². The van der Waals surface area contributed by atoms with Crippen LogP contribution in [-0.2, 0) is 13.6 Å². The maximum absolute atomic E-state index is 10.7. The van der Waals surface area contributed by atoms with Crippen LogP contribution in [0.2, 0.25) is 0 Å². The Balaban J connectivity index is 1.80. The predicted molar refractivity (Wildman–Crippen MR) is 102 cm³/mol. The number of fused-ring (bicyclic) bond motifs is 1. The summed E-state index contributed by atoms with van der Waals surface area (Å²) < 4.78 is 3.64. The number of aromatic nitrogens is 4. The molecule has 0 aliphatic carbocycles. The molecular formula is C20H19N5O2. The van der Waals surface area contributed by atoms with Crippen LogP contribution in [0.4, 0.5) is 4.79 Å². The highest BCUT2D eigenvalue weighted by Gasteiger charge is 2.11. The highest BCUT2D eigenvalue weighted by molar-refractivity contribution is 5.84. The molecule has 27 heavy (non-hydrogen) atoms. The van der Waals surface area contributed by atoms with Crippen molar-refractivity contribution >= 4 is 11.6 Å². The molecule has 0 radical (unpaired) electrons. The molecule has 0 saturated heterocycles. The number of pyridine rings is 1. The Morgan fingerprint density at radius 1 is 1.11 bits per heavy atom. The zero-order valence-electron chi connectivity index (χ0n) is 15.0. The zero-order valence-corrected chi connectivity index (χ0v) is 15.0. The quantitative estimate of drug-likeness (QED) is 0.583. The highest BCUT2D eigenvalue weighted by Crippen LogP contribution is 2.31. The number of nitrogens with one attached hydrogen (secondary N) is 1. The van der Waals surface area contributed by atoms with E-state index in [1.807, 2.05) is 55.3 Å². The van der Waals surface area contributed by atoms with Gasteiger partial charge in [-0.05, 0) is 35.7 Å². The van der Waals surface area contributed by atoms with E-state index < -0.39 is 6.09 Å². The van der Waals surface area contributed by atoms with Gasteiger partial charge in [0.1, 0.15) is 0 Å². The van der Waals surface area contributed by atoms with Crippen molar-refractivity contribution in [3.63, 3.8) is 0 Å². The number of benzene rings is 1. The summed E-state index contributed by atoms with van der Waals surface area (Å²) >= 11 is 0.